The number of aromatic nitrogens is 2. The lowest BCUT2D eigenvalue weighted by Gasteiger charge is -2.26. The molecule has 4 rings (SSSR count). The number of fused-ring (bicyclic) bond motifs is 2. The van der Waals surface area contributed by atoms with Crippen molar-refractivity contribution >= 4 is 16.8 Å². The van der Waals surface area contributed by atoms with Crippen LogP contribution >= 0.6 is 0 Å². The van der Waals surface area contributed by atoms with Crippen LogP contribution in [0.5, 0.6) is 5.75 Å². The van der Waals surface area contributed by atoms with Crippen LogP contribution in [0.15, 0.2) is 53.6 Å². The molecule has 1 N–H and O–H groups in total. The first kappa shape index (κ1) is 18.2. The highest BCUT2D eigenvalue weighted by atomic mass is 16.5. The molecule has 1 aliphatic rings. The number of rotatable bonds is 5. The molecule has 1 aliphatic heterocycles. The van der Waals surface area contributed by atoms with Crippen LogP contribution in [-0.2, 0) is 11.3 Å². The highest BCUT2D eigenvalue weighted by Crippen LogP contribution is 2.31. The van der Waals surface area contributed by atoms with Gasteiger partial charge in [-0.05, 0) is 31.0 Å². The van der Waals surface area contributed by atoms with E-state index in [9.17, 15) is 9.59 Å². The van der Waals surface area contributed by atoms with Crippen molar-refractivity contribution in [1.82, 2.24) is 14.9 Å². The van der Waals surface area contributed by atoms with E-state index in [2.05, 4.69) is 10.3 Å². The average Bonchev–Trinajstić information content (AvgIpc) is 2.70. The summed E-state index contributed by atoms with van der Waals surface area (Å²) in [6.07, 6.45) is 3.27. The Labute approximate surface area is 163 Å². The fourth-order valence-corrected chi connectivity index (χ4v) is 3.67. The van der Waals surface area contributed by atoms with Gasteiger partial charge in [0.1, 0.15) is 5.75 Å². The van der Waals surface area contributed by atoms with Crippen molar-refractivity contribution in [2.45, 2.75) is 38.8 Å². The number of carbonyl (C=O) groups is 1. The number of benzene rings is 2. The van der Waals surface area contributed by atoms with Gasteiger partial charge in [-0.1, -0.05) is 30.3 Å². The number of hydrogen-bond acceptors (Lipinski definition) is 4. The molecule has 6 heteroatoms. The largest absolute Gasteiger partial charge is 0.493 e. The summed E-state index contributed by atoms with van der Waals surface area (Å²) in [5, 5.41) is 3.71. The fraction of sp³-hybridized carbons (Fsp3) is 0.318. The van der Waals surface area contributed by atoms with E-state index in [0.29, 0.717) is 31.4 Å². The molecule has 1 amide bonds. The van der Waals surface area contributed by atoms with Crippen LogP contribution in [0.25, 0.3) is 10.9 Å². The molecule has 0 radical (unpaired) electrons. The molecule has 2 heterocycles. The zero-order valence-electron chi connectivity index (χ0n) is 15.9. The topological polar surface area (TPSA) is 73.2 Å². The molecule has 0 fully saturated rings. The van der Waals surface area contributed by atoms with Gasteiger partial charge in [-0.2, -0.15) is 0 Å². The summed E-state index contributed by atoms with van der Waals surface area (Å²) in [5.41, 5.74) is 2.68. The van der Waals surface area contributed by atoms with Gasteiger partial charge >= 0.3 is 0 Å². The summed E-state index contributed by atoms with van der Waals surface area (Å²) in [4.78, 5) is 29.4. The number of hydrogen-bond donors (Lipinski definition) is 1. The maximum absolute atomic E-state index is 12.6. The van der Waals surface area contributed by atoms with Crippen LogP contribution in [0.1, 0.15) is 36.4 Å². The minimum absolute atomic E-state index is 0.0145. The van der Waals surface area contributed by atoms with Gasteiger partial charge in [-0.3, -0.25) is 14.2 Å². The maximum atomic E-state index is 12.6. The molecule has 0 saturated heterocycles. The Morgan fingerprint density at radius 3 is 3.00 bits per heavy atom. The molecule has 144 valence electrons. The minimum atomic E-state index is -0.0625. The lowest BCUT2D eigenvalue weighted by Crippen LogP contribution is -2.32. The van der Waals surface area contributed by atoms with E-state index < -0.39 is 0 Å². The van der Waals surface area contributed by atoms with Crippen LogP contribution in [-0.4, -0.2) is 22.1 Å². The summed E-state index contributed by atoms with van der Waals surface area (Å²) in [7, 11) is 0. The Bertz CT molecular complexity index is 1070. The van der Waals surface area contributed by atoms with Gasteiger partial charge in [-0.25, -0.2) is 4.98 Å². The van der Waals surface area contributed by atoms with Crippen LogP contribution in [0.2, 0.25) is 0 Å². The summed E-state index contributed by atoms with van der Waals surface area (Å²) >= 11 is 0. The zero-order chi connectivity index (χ0) is 19.5. The van der Waals surface area contributed by atoms with E-state index in [-0.39, 0.29) is 17.5 Å². The van der Waals surface area contributed by atoms with E-state index >= 15 is 0 Å². The number of nitrogens with zero attached hydrogens (tertiary/aromatic N) is 2. The van der Waals surface area contributed by atoms with Gasteiger partial charge in [0.05, 0.1) is 29.9 Å². The lowest BCUT2D eigenvalue weighted by molar-refractivity contribution is -0.122. The highest BCUT2D eigenvalue weighted by Gasteiger charge is 2.22. The van der Waals surface area contributed by atoms with E-state index in [1.54, 1.807) is 17.0 Å². The number of amides is 1. The number of ether oxygens (including phenoxy) is 1. The first-order chi connectivity index (χ1) is 13.6. The summed E-state index contributed by atoms with van der Waals surface area (Å²) in [6, 6.07) is 13.4. The Morgan fingerprint density at radius 1 is 1.25 bits per heavy atom. The van der Waals surface area contributed by atoms with Crippen molar-refractivity contribution in [3.05, 3.63) is 70.3 Å². The zero-order valence-corrected chi connectivity index (χ0v) is 15.9. The Hall–Kier alpha value is -3.15. The monoisotopic (exact) mass is 377 g/mol. The Kier molecular flexibility index (Phi) is 5.10. The number of nitrogens with one attached hydrogen (secondary N) is 1. The summed E-state index contributed by atoms with van der Waals surface area (Å²) in [6.45, 7) is 3.00. The number of para-hydroxylation sites is 2. The quantitative estimate of drug-likeness (QED) is 0.741. The molecule has 0 spiro atoms. The molecule has 0 saturated carbocycles. The fourth-order valence-electron chi connectivity index (χ4n) is 3.67. The number of aryl methyl sites for hydroxylation is 2. The second-order valence-electron chi connectivity index (χ2n) is 7.11. The van der Waals surface area contributed by atoms with Crippen LogP contribution in [0.4, 0.5) is 0 Å². The van der Waals surface area contributed by atoms with Crippen LogP contribution in [0, 0.1) is 6.92 Å². The molecular weight excluding hydrogens is 354 g/mol. The maximum Gasteiger partial charge on any atom is 0.261 e. The van der Waals surface area contributed by atoms with E-state index in [1.807, 2.05) is 43.3 Å². The van der Waals surface area contributed by atoms with Gasteiger partial charge in [-0.15, -0.1) is 0 Å². The van der Waals surface area contributed by atoms with Crippen LogP contribution < -0.4 is 15.6 Å². The Morgan fingerprint density at radius 2 is 2.11 bits per heavy atom. The van der Waals surface area contributed by atoms with Gasteiger partial charge in [0, 0.05) is 24.9 Å². The normalized spacial score (nSPS) is 15.7. The first-order valence-electron chi connectivity index (χ1n) is 9.59. The molecule has 1 atom stereocenters. The van der Waals surface area contributed by atoms with Crippen molar-refractivity contribution in [3.63, 3.8) is 0 Å². The Balaban J connectivity index is 1.37. The molecular formula is C22H23N3O3. The molecule has 28 heavy (non-hydrogen) atoms. The molecule has 3 aromatic rings. The summed E-state index contributed by atoms with van der Waals surface area (Å²) in [5.74, 6) is 0.822. The molecule has 0 bridgehead atoms. The van der Waals surface area contributed by atoms with E-state index in [1.165, 1.54) is 0 Å². The van der Waals surface area contributed by atoms with Gasteiger partial charge in [0.2, 0.25) is 5.91 Å². The molecule has 1 aromatic heterocycles. The van der Waals surface area contributed by atoms with Crippen molar-refractivity contribution in [2.75, 3.05) is 6.61 Å². The van der Waals surface area contributed by atoms with Crippen molar-refractivity contribution in [1.29, 1.82) is 0 Å². The third-order valence-corrected chi connectivity index (χ3v) is 5.15. The average molecular weight is 377 g/mol. The highest BCUT2D eigenvalue weighted by molar-refractivity contribution is 5.80. The standard InChI is InChI=1S/C22H23N3O3/c1-15-6-4-8-17-21(15)23-14-25(22(17)27)12-5-10-20(26)24-18-11-13-28-19-9-3-2-7-16(18)19/h2-4,6-9,14,18H,5,10-13H2,1H3,(H,24,26). The minimum Gasteiger partial charge on any atom is -0.493 e. The van der Waals surface area contributed by atoms with Gasteiger partial charge in [0.25, 0.3) is 5.56 Å². The SMILES string of the molecule is Cc1cccc2c(=O)n(CCCC(=O)NC3CCOc4ccccc43)cnc12. The first-order valence-corrected chi connectivity index (χ1v) is 9.59. The van der Waals surface area contributed by atoms with E-state index in [0.717, 1.165) is 28.8 Å². The molecule has 2 aromatic carbocycles. The van der Waals surface area contributed by atoms with Crippen molar-refractivity contribution < 1.29 is 9.53 Å². The third kappa shape index (κ3) is 3.63. The molecule has 0 aliphatic carbocycles. The van der Waals surface area contributed by atoms with Gasteiger partial charge in [0.15, 0.2) is 0 Å². The smallest absolute Gasteiger partial charge is 0.261 e. The predicted molar refractivity (Wildman–Crippen MR) is 107 cm³/mol. The van der Waals surface area contributed by atoms with Crippen molar-refractivity contribution in [2.24, 2.45) is 0 Å². The van der Waals surface area contributed by atoms with Gasteiger partial charge < -0.3 is 10.1 Å². The van der Waals surface area contributed by atoms with E-state index in [4.69, 9.17) is 4.74 Å². The second kappa shape index (κ2) is 7.84. The van der Waals surface area contributed by atoms with Crippen LogP contribution in [0.3, 0.4) is 0 Å². The predicted octanol–water partition coefficient (Wildman–Crippen LogP) is 3.13. The van der Waals surface area contributed by atoms with Crippen molar-refractivity contribution in [3.8, 4) is 5.75 Å². The second-order valence-corrected chi connectivity index (χ2v) is 7.11. The number of carbonyl (C=O) groups excluding carboxylic acids is 1. The molecule has 6 nitrogen and oxygen atoms in total. The lowest BCUT2D eigenvalue weighted by atomic mass is 10.0. The summed E-state index contributed by atoms with van der Waals surface area (Å²) < 4.78 is 7.22. The third-order valence-electron chi connectivity index (χ3n) is 5.15. The molecule has 1 unspecified atom stereocenters.